The van der Waals surface area contributed by atoms with E-state index in [0.717, 1.165) is 48.8 Å². The summed E-state index contributed by atoms with van der Waals surface area (Å²) in [5.41, 5.74) is 0.630. The minimum atomic E-state index is -0.369. The van der Waals surface area contributed by atoms with Crippen molar-refractivity contribution in [2.75, 3.05) is 29.4 Å². The van der Waals surface area contributed by atoms with Crippen LogP contribution in [0.2, 0.25) is 10.3 Å². The van der Waals surface area contributed by atoms with Crippen molar-refractivity contribution in [2.45, 2.75) is 18.4 Å². The largest absolute Gasteiger partial charge is 0.345 e. The summed E-state index contributed by atoms with van der Waals surface area (Å²) in [6, 6.07) is 2.76. The molecule has 2 fully saturated rings. The van der Waals surface area contributed by atoms with Crippen molar-refractivity contribution in [2.24, 2.45) is 0 Å². The lowest BCUT2D eigenvalue weighted by Gasteiger charge is -2.42. The summed E-state index contributed by atoms with van der Waals surface area (Å²) in [7, 11) is 0. The zero-order chi connectivity index (χ0) is 17.2. The molecule has 1 saturated carbocycles. The molecule has 2 aromatic heterocycles. The van der Waals surface area contributed by atoms with E-state index in [0.29, 0.717) is 15.8 Å². The van der Waals surface area contributed by atoms with Crippen LogP contribution in [0.5, 0.6) is 0 Å². The quantitative estimate of drug-likeness (QED) is 0.712. The van der Waals surface area contributed by atoms with Crippen LogP contribution in [-0.2, 0) is 0 Å². The summed E-state index contributed by atoms with van der Waals surface area (Å²) in [6.45, 7) is 2.41. The van der Waals surface area contributed by atoms with E-state index in [2.05, 4.69) is 29.4 Å². The van der Waals surface area contributed by atoms with Crippen LogP contribution in [0.4, 0.5) is 15.3 Å². The Hall–Kier alpha value is -1.64. The first kappa shape index (κ1) is 15.6. The highest BCUT2D eigenvalue weighted by atomic mass is 35.5. The standard InChI is InChI=1S/C15H13Cl2FN6S/c16-9-5-8(18)6-10-11(9)12(21-20-10)24-4-3-23(7-15(24)1-2-15)14-19-13(17)22-25-14/h5-6H,1-4,7H2,(H,20,21). The van der Waals surface area contributed by atoms with E-state index in [4.69, 9.17) is 23.2 Å². The number of hydrogen-bond acceptors (Lipinski definition) is 6. The van der Waals surface area contributed by atoms with Crippen LogP contribution in [0.15, 0.2) is 12.1 Å². The Morgan fingerprint density at radius 2 is 2.08 bits per heavy atom. The van der Waals surface area contributed by atoms with Crippen LogP contribution >= 0.6 is 34.7 Å². The van der Waals surface area contributed by atoms with Crippen LogP contribution in [-0.4, -0.2) is 44.7 Å². The first-order chi connectivity index (χ1) is 12.1. The van der Waals surface area contributed by atoms with Crippen LogP contribution in [0.1, 0.15) is 12.8 Å². The van der Waals surface area contributed by atoms with Crippen LogP contribution in [0, 0.1) is 5.82 Å². The van der Waals surface area contributed by atoms with Gasteiger partial charge in [0.2, 0.25) is 10.4 Å². The number of nitrogens with zero attached hydrogens (tertiary/aromatic N) is 5. The molecule has 2 aliphatic rings. The molecule has 0 unspecified atom stereocenters. The van der Waals surface area contributed by atoms with Gasteiger partial charge in [-0.05, 0) is 36.6 Å². The topological polar surface area (TPSA) is 60.9 Å². The van der Waals surface area contributed by atoms with Crippen molar-refractivity contribution in [1.82, 2.24) is 19.6 Å². The Labute approximate surface area is 156 Å². The van der Waals surface area contributed by atoms with E-state index in [9.17, 15) is 4.39 Å². The van der Waals surface area contributed by atoms with E-state index >= 15 is 0 Å². The van der Waals surface area contributed by atoms with E-state index in [1.165, 1.54) is 23.7 Å². The molecular weight excluding hydrogens is 386 g/mol. The molecule has 1 aliphatic carbocycles. The van der Waals surface area contributed by atoms with Gasteiger partial charge in [-0.15, -0.1) is 0 Å². The number of H-pyrrole nitrogens is 1. The number of hydrogen-bond donors (Lipinski definition) is 1. The number of aromatic nitrogens is 4. The smallest absolute Gasteiger partial charge is 0.236 e. The highest BCUT2D eigenvalue weighted by molar-refractivity contribution is 7.10. The molecule has 1 spiro atoms. The number of anilines is 2. The molecule has 1 aromatic carbocycles. The highest BCUT2D eigenvalue weighted by Crippen LogP contribution is 2.48. The minimum absolute atomic E-state index is 0.0102. The second-order valence-electron chi connectivity index (χ2n) is 6.50. The van der Waals surface area contributed by atoms with Gasteiger partial charge in [-0.2, -0.15) is 14.5 Å². The number of fused-ring (bicyclic) bond motifs is 1. The van der Waals surface area contributed by atoms with Crippen molar-refractivity contribution in [3.05, 3.63) is 28.3 Å². The Morgan fingerprint density at radius 1 is 1.24 bits per heavy atom. The van der Waals surface area contributed by atoms with E-state index < -0.39 is 0 Å². The van der Waals surface area contributed by atoms with Gasteiger partial charge >= 0.3 is 0 Å². The van der Waals surface area contributed by atoms with Gasteiger partial charge in [0, 0.05) is 31.2 Å². The molecule has 6 nitrogen and oxygen atoms in total. The fourth-order valence-electron chi connectivity index (χ4n) is 3.62. The lowest BCUT2D eigenvalue weighted by Crippen LogP contribution is -2.55. The molecular formula is C15H13Cl2FN6S. The fraction of sp³-hybridized carbons (Fsp3) is 0.400. The van der Waals surface area contributed by atoms with Gasteiger partial charge in [-0.1, -0.05) is 11.6 Å². The maximum absolute atomic E-state index is 13.6. The highest BCUT2D eigenvalue weighted by Gasteiger charge is 2.53. The average molecular weight is 399 g/mol. The summed E-state index contributed by atoms with van der Waals surface area (Å²) < 4.78 is 17.6. The van der Waals surface area contributed by atoms with Gasteiger partial charge in [0.05, 0.1) is 21.5 Å². The average Bonchev–Trinajstić information content (AvgIpc) is 3.00. The number of nitrogens with one attached hydrogen (secondary N) is 1. The summed E-state index contributed by atoms with van der Waals surface area (Å²) >= 11 is 13.5. The Bertz CT molecular complexity index is 968. The van der Waals surface area contributed by atoms with E-state index in [-0.39, 0.29) is 11.4 Å². The SMILES string of the molecule is Fc1cc(Cl)c2c(N3CCN(c4nc(Cl)ns4)CC34CC4)n[nH]c2c1. The first-order valence-corrected chi connectivity index (χ1v) is 9.44. The van der Waals surface area contributed by atoms with Crippen molar-refractivity contribution < 1.29 is 4.39 Å². The first-order valence-electron chi connectivity index (χ1n) is 7.91. The maximum Gasteiger partial charge on any atom is 0.236 e. The molecule has 0 bridgehead atoms. The molecule has 130 valence electrons. The summed E-state index contributed by atoms with van der Waals surface area (Å²) in [5, 5.41) is 9.66. The van der Waals surface area contributed by atoms with Gasteiger partial charge in [0.1, 0.15) is 5.82 Å². The Kier molecular flexibility index (Phi) is 3.39. The molecule has 1 saturated heterocycles. The van der Waals surface area contributed by atoms with Gasteiger partial charge in [-0.25, -0.2) is 4.39 Å². The lowest BCUT2D eigenvalue weighted by atomic mass is 10.1. The third kappa shape index (κ3) is 2.46. The molecule has 10 heteroatoms. The van der Waals surface area contributed by atoms with Gasteiger partial charge < -0.3 is 9.80 Å². The monoisotopic (exact) mass is 398 g/mol. The Balaban J connectivity index is 1.50. The number of halogens is 3. The summed E-state index contributed by atoms with van der Waals surface area (Å²) in [4.78, 5) is 8.81. The molecule has 0 amide bonds. The second-order valence-corrected chi connectivity index (χ2v) is 7.98. The molecule has 1 N–H and O–H groups in total. The van der Waals surface area contributed by atoms with Crippen molar-refractivity contribution in [3.63, 3.8) is 0 Å². The van der Waals surface area contributed by atoms with Crippen LogP contribution < -0.4 is 9.80 Å². The predicted molar refractivity (Wildman–Crippen MR) is 97.5 cm³/mol. The fourth-order valence-corrected chi connectivity index (χ4v) is 4.74. The van der Waals surface area contributed by atoms with Gasteiger partial charge in [-0.3, -0.25) is 5.10 Å². The number of rotatable bonds is 2. The molecule has 5 rings (SSSR count). The third-order valence-corrected chi connectivity index (χ3v) is 6.30. The van der Waals surface area contributed by atoms with Crippen molar-refractivity contribution >= 4 is 56.6 Å². The predicted octanol–water partition coefficient (Wildman–Crippen LogP) is 3.72. The van der Waals surface area contributed by atoms with Gasteiger partial charge in [0.15, 0.2) is 5.82 Å². The number of piperazine rings is 1. The van der Waals surface area contributed by atoms with Crippen molar-refractivity contribution in [3.8, 4) is 0 Å². The zero-order valence-corrected chi connectivity index (χ0v) is 15.3. The molecule has 0 atom stereocenters. The van der Waals surface area contributed by atoms with Crippen LogP contribution in [0.3, 0.4) is 0 Å². The normalized spacial score (nSPS) is 19.2. The number of aromatic amines is 1. The molecule has 25 heavy (non-hydrogen) atoms. The maximum atomic E-state index is 13.6. The Morgan fingerprint density at radius 3 is 2.80 bits per heavy atom. The van der Waals surface area contributed by atoms with Gasteiger partial charge in [0.25, 0.3) is 0 Å². The lowest BCUT2D eigenvalue weighted by molar-refractivity contribution is 0.505. The summed E-state index contributed by atoms with van der Waals surface area (Å²) in [6.07, 6.45) is 2.15. The van der Waals surface area contributed by atoms with E-state index in [1.54, 1.807) is 0 Å². The zero-order valence-electron chi connectivity index (χ0n) is 13.0. The molecule has 0 radical (unpaired) electrons. The molecule has 3 heterocycles. The summed E-state index contributed by atoms with van der Waals surface area (Å²) in [5.74, 6) is 0.430. The minimum Gasteiger partial charge on any atom is -0.345 e. The molecule has 3 aromatic rings. The second kappa shape index (κ2) is 5.43. The third-order valence-electron chi connectivity index (χ3n) is 4.96. The van der Waals surface area contributed by atoms with E-state index in [1.807, 2.05) is 0 Å². The van der Waals surface area contributed by atoms with Crippen molar-refractivity contribution in [1.29, 1.82) is 0 Å². The molecule has 1 aliphatic heterocycles. The van der Waals surface area contributed by atoms with Crippen LogP contribution in [0.25, 0.3) is 10.9 Å². The number of benzene rings is 1.